The fraction of sp³-hybridized carbons (Fsp3) is 0.588. The van der Waals surface area contributed by atoms with E-state index < -0.39 is 5.97 Å². The fourth-order valence-corrected chi connectivity index (χ4v) is 3.49. The van der Waals surface area contributed by atoms with Crippen LogP contribution in [0.3, 0.4) is 0 Å². The van der Waals surface area contributed by atoms with Crippen LogP contribution in [0.1, 0.15) is 43.5 Å². The molecule has 1 aromatic heterocycles. The average Bonchev–Trinajstić information content (AvgIpc) is 2.56. The number of nitrogens with one attached hydrogen (secondary N) is 1. The number of carbonyl (C=O) groups excluding carboxylic acids is 2. The molecule has 5 nitrogen and oxygen atoms in total. The number of pyridine rings is 1. The lowest BCUT2D eigenvalue weighted by atomic mass is 9.78. The van der Waals surface area contributed by atoms with Gasteiger partial charge in [-0.05, 0) is 36.6 Å². The van der Waals surface area contributed by atoms with Gasteiger partial charge in [0.2, 0.25) is 0 Å². The van der Waals surface area contributed by atoms with Gasteiger partial charge in [0.15, 0.2) is 6.61 Å². The minimum atomic E-state index is -0.511. The fourth-order valence-electron chi connectivity index (χ4n) is 2.95. The largest absolute Gasteiger partial charge is 0.452 e. The molecule has 0 radical (unpaired) electrons. The maximum Gasteiger partial charge on any atom is 0.341 e. The van der Waals surface area contributed by atoms with Crippen molar-refractivity contribution in [3.8, 4) is 0 Å². The molecule has 1 aliphatic carbocycles. The van der Waals surface area contributed by atoms with E-state index in [4.69, 9.17) is 4.74 Å². The first-order valence-corrected chi connectivity index (χ1v) is 9.21. The first kappa shape index (κ1) is 17.8. The van der Waals surface area contributed by atoms with Crippen LogP contribution in [-0.4, -0.2) is 35.8 Å². The SMILES string of the molecule is CSc1ncccc1C(=O)OCC(=O)N[C@@H]1CCC[C@H](C)[C@@H]1C. The van der Waals surface area contributed by atoms with Crippen molar-refractivity contribution in [1.82, 2.24) is 10.3 Å². The van der Waals surface area contributed by atoms with Gasteiger partial charge in [0.05, 0.1) is 5.56 Å². The molecule has 0 bridgehead atoms. The highest BCUT2D eigenvalue weighted by molar-refractivity contribution is 7.98. The van der Waals surface area contributed by atoms with Crippen LogP contribution >= 0.6 is 11.8 Å². The number of rotatable bonds is 5. The van der Waals surface area contributed by atoms with Gasteiger partial charge in [-0.1, -0.05) is 26.7 Å². The Morgan fingerprint density at radius 3 is 2.91 bits per heavy atom. The lowest BCUT2D eigenvalue weighted by molar-refractivity contribution is -0.125. The van der Waals surface area contributed by atoms with Crippen LogP contribution in [0.4, 0.5) is 0 Å². The zero-order valence-corrected chi connectivity index (χ0v) is 14.7. The van der Waals surface area contributed by atoms with Gasteiger partial charge in [-0.2, -0.15) is 0 Å². The Hall–Kier alpha value is -1.56. The van der Waals surface area contributed by atoms with Crippen LogP contribution in [0.15, 0.2) is 23.4 Å². The molecular weight excluding hydrogens is 312 g/mol. The number of amides is 1. The number of esters is 1. The molecule has 1 amide bonds. The van der Waals surface area contributed by atoms with Crippen molar-refractivity contribution in [3.63, 3.8) is 0 Å². The molecule has 0 spiro atoms. The third-order valence-electron chi connectivity index (χ3n) is 4.57. The quantitative estimate of drug-likeness (QED) is 0.661. The summed E-state index contributed by atoms with van der Waals surface area (Å²) in [4.78, 5) is 28.2. The Kier molecular flexibility index (Phi) is 6.45. The summed E-state index contributed by atoms with van der Waals surface area (Å²) in [5.41, 5.74) is 0.396. The lowest BCUT2D eigenvalue weighted by Crippen LogP contribution is -2.45. The highest BCUT2D eigenvalue weighted by atomic mass is 32.2. The van der Waals surface area contributed by atoms with Crippen molar-refractivity contribution >= 4 is 23.6 Å². The summed E-state index contributed by atoms with van der Waals surface area (Å²) in [6.07, 6.45) is 6.80. The predicted octanol–water partition coefficient (Wildman–Crippen LogP) is 2.90. The van der Waals surface area contributed by atoms with Gasteiger partial charge in [-0.3, -0.25) is 4.79 Å². The van der Waals surface area contributed by atoms with Crippen molar-refractivity contribution in [2.24, 2.45) is 11.8 Å². The van der Waals surface area contributed by atoms with E-state index in [9.17, 15) is 9.59 Å². The number of ether oxygens (including phenoxy) is 1. The molecule has 0 aliphatic heterocycles. The van der Waals surface area contributed by atoms with Crippen molar-refractivity contribution in [2.75, 3.05) is 12.9 Å². The summed E-state index contributed by atoms with van der Waals surface area (Å²) < 4.78 is 5.13. The molecule has 1 saturated carbocycles. The van der Waals surface area contributed by atoms with Crippen molar-refractivity contribution < 1.29 is 14.3 Å². The van der Waals surface area contributed by atoms with Gasteiger partial charge >= 0.3 is 5.97 Å². The van der Waals surface area contributed by atoms with Gasteiger partial charge in [0, 0.05) is 12.2 Å². The van der Waals surface area contributed by atoms with Gasteiger partial charge in [0.25, 0.3) is 5.91 Å². The molecule has 23 heavy (non-hydrogen) atoms. The second-order valence-corrected chi connectivity index (χ2v) is 6.87. The lowest BCUT2D eigenvalue weighted by Gasteiger charge is -2.34. The first-order chi connectivity index (χ1) is 11.0. The Labute approximate surface area is 141 Å². The average molecular weight is 336 g/mol. The number of hydrogen-bond acceptors (Lipinski definition) is 5. The molecule has 0 aromatic carbocycles. The van der Waals surface area contributed by atoms with Crippen molar-refractivity contribution in [1.29, 1.82) is 0 Å². The van der Waals surface area contributed by atoms with Gasteiger partial charge in [0.1, 0.15) is 5.03 Å². The maximum atomic E-state index is 12.1. The van der Waals surface area contributed by atoms with Crippen LogP contribution in [0.25, 0.3) is 0 Å². The molecule has 0 saturated heterocycles. The monoisotopic (exact) mass is 336 g/mol. The number of nitrogens with zero attached hydrogens (tertiary/aromatic N) is 1. The van der Waals surface area contributed by atoms with Crippen molar-refractivity contribution in [2.45, 2.75) is 44.2 Å². The smallest absolute Gasteiger partial charge is 0.341 e. The summed E-state index contributed by atoms with van der Waals surface area (Å²) in [5, 5.41) is 3.60. The molecule has 2 rings (SSSR count). The predicted molar refractivity (Wildman–Crippen MR) is 90.4 cm³/mol. The van der Waals surface area contributed by atoms with Crippen LogP contribution in [0, 0.1) is 11.8 Å². The summed E-state index contributed by atoms with van der Waals surface area (Å²) in [5.74, 6) is 0.308. The van der Waals surface area contributed by atoms with E-state index in [2.05, 4.69) is 24.1 Å². The number of carbonyl (C=O) groups is 2. The topological polar surface area (TPSA) is 68.3 Å². The molecule has 1 fully saturated rings. The van der Waals surface area contributed by atoms with E-state index in [1.54, 1.807) is 18.3 Å². The van der Waals surface area contributed by atoms with Crippen molar-refractivity contribution in [3.05, 3.63) is 23.9 Å². The standard InChI is InChI=1S/C17H24N2O3S/c1-11-6-4-8-14(12(11)2)19-15(20)10-22-17(21)13-7-5-9-18-16(13)23-3/h5,7,9,11-12,14H,4,6,8,10H2,1-3H3,(H,19,20)/t11-,12-,14+/m0/s1. The number of thioether (sulfide) groups is 1. The van der Waals surface area contributed by atoms with Gasteiger partial charge < -0.3 is 10.1 Å². The molecule has 3 atom stereocenters. The van der Waals surface area contributed by atoms with Gasteiger partial charge in [-0.25, -0.2) is 9.78 Å². The molecule has 126 valence electrons. The highest BCUT2D eigenvalue weighted by Crippen LogP contribution is 2.29. The zero-order chi connectivity index (χ0) is 16.8. The Morgan fingerprint density at radius 1 is 1.39 bits per heavy atom. The molecular formula is C17H24N2O3S. The van der Waals surface area contributed by atoms with E-state index in [0.717, 1.165) is 12.8 Å². The third kappa shape index (κ3) is 4.70. The van der Waals surface area contributed by atoms with E-state index in [1.165, 1.54) is 18.2 Å². The van der Waals surface area contributed by atoms with E-state index in [-0.39, 0.29) is 18.6 Å². The highest BCUT2D eigenvalue weighted by Gasteiger charge is 2.28. The first-order valence-electron chi connectivity index (χ1n) is 7.98. The maximum absolute atomic E-state index is 12.1. The van der Waals surface area contributed by atoms with Crippen LogP contribution in [0.5, 0.6) is 0 Å². The second kappa shape index (κ2) is 8.34. The van der Waals surface area contributed by atoms with Crippen LogP contribution in [-0.2, 0) is 9.53 Å². The zero-order valence-electron chi connectivity index (χ0n) is 13.9. The minimum Gasteiger partial charge on any atom is -0.452 e. The van der Waals surface area contributed by atoms with E-state index in [0.29, 0.717) is 22.4 Å². The Balaban J connectivity index is 1.85. The molecule has 1 N–H and O–H groups in total. The second-order valence-electron chi connectivity index (χ2n) is 6.08. The van der Waals surface area contributed by atoms with Crippen LogP contribution in [0.2, 0.25) is 0 Å². The molecule has 0 unspecified atom stereocenters. The van der Waals surface area contributed by atoms with E-state index >= 15 is 0 Å². The Bertz CT molecular complexity index is 565. The molecule has 1 heterocycles. The Morgan fingerprint density at radius 2 is 2.17 bits per heavy atom. The summed E-state index contributed by atoms with van der Waals surface area (Å²) in [6, 6.07) is 3.51. The molecule has 6 heteroatoms. The van der Waals surface area contributed by atoms with Crippen LogP contribution < -0.4 is 5.32 Å². The molecule has 1 aliphatic rings. The normalized spacial score (nSPS) is 24.0. The number of aromatic nitrogens is 1. The van der Waals surface area contributed by atoms with E-state index in [1.807, 2.05) is 6.26 Å². The van der Waals surface area contributed by atoms with Gasteiger partial charge in [-0.15, -0.1) is 11.8 Å². The summed E-state index contributed by atoms with van der Waals surface area (Å²) >= 11 is 1.37. The third-order valence-corrected chi connectivity index (χ3v) is 5.28. The number of hydrogen-bond donors (Lipinski definition) is 1. The summed E-state index contributed by atoms with van der Waals surface area (Å²) in [6.45, 7) is 4.13. The summed E-state index contributed by atoms with van der Waals surface area (Å²) in [7, 11) is 0. The minimum absolute atomic E-state index is 0.171. The molecule has 1 aromatic rings.